The third kappa shape index (κ3) is 5.81. The molecule has 0 amide bonds. The summed E-state index contributed by atoms with van der Waals surface area (Å²) >= 11 is 0. The average molecular weight is 324 g/mol. The van der Waals surface area contributed by atoms with Crippen LogP contribution in [0.25, 0.3) is 0 Å². The van der Waals surface area contributed by atoms with Crippen molar-refractivity contribution in [3.05, 3.63) is 29.8 Å². The summed E-state index contributed by atoms with van der Waals surface area (Å²) in [7, 11) is 0. The number of nitrogens with zero attached hydrogens (tertiary/aromatic N) is 1. The van der Waals surface area contributed by atoms with E-state index >= 15 is 0 Å². The van der Waals surface area contributed by atoms with Crippen LogP contribution in [0.3, 0.4) is 0 Å². The van der Waals surface area contributed by atoms with Gasteiger partial charge in [0.2, 0.25) is 0 Å². The van der Waals surface area contributed by atoms with Gasteiger partial charge in [-0.15, -0.1) is 17.0 Å². The number of benzene rings is 1. The Balaban J connectivity index is 0.00000289. The van der Waals surface area contributed by atoms with Gasteiger partial charge in [0.1, 0.15) is 23.0 Å². The highest BCUT2D eigenvalue weighted by Crippen LogP contribution is 2.21. The highest BCUT2D eigenvalue weighted by atomic mass is 79.9. The monoisotopic (exact) mass is 323 g/mol. The minimum Gasteiger partial charge on any atom is -0.486 e. The van der Waals surface area contributed by atoms with E-state index in [1.54, 1.807) is 13.8 Å². The van der Waals surface area contributed by atoms with Gasteiger partial charge in [0, 0.05) is 18.2 Å². The topological polar surface area (TPSA) is 73.6 Å². The Hall–Kier alpha value is -1.37. The summed E-state index contributed by atoms with van der Waals surface area (Å²) in [5, 5.41) is 0. The first-order valence-corrected chi connectivity index (χ1v) is 4.99. The van der Waals surface area contributed by atoms with Gasteiger partial charge in [0.15, 0.2) is 5.96 Å². The molecule has 4 nitrogen and oxygen atoms in total. The van der Waals surface area contributed by atoms with Crippen LogP contribution in [-0.4, -0.2) is 18.1 Å². The molecule has 1 aromatic rings. The molecular weight excluding hydrogens is 308 g/mol. The Morgan fingerprint density at radius 1 is 1.22 bits per heavy atom. The predicted molar refractivity (Wildman–Crippen MR) is 72.1 cm³/mol. The van der Waals surface area contributed by atoms with Crippen molar-refractivity contribution < 1.29 is 13.5 Å². The number of guanidine groups is 1. The standard InChI is InChI=1S/C11H15F2N3O.BrH/c1-11(2,6-16-10(14)15)17-9-4-7(12)3-8(13)5-9;/h3-5H,6H2,1-2H3,(H4,14,15,16);1H. The van der Waals surface area contributed by atoms with Crippen molar-refractivity contribution >= 4 is 22.9 Å². The van der Waals surface area contributed by atoms with Crippen LogP contribution in [0.2, 0.25) is 0 Å². The molecule has 0 atom stereocenters. The average Bonchev–Trinajstić information content (AvgIpc) is 2.12. The minimum absolute atomic E-state index is 0. The van der Waals surface area contributed by atoms with E-state index in [0.29, 0.717) is 0 Å². The molecule has 0 fully saturated rings. The number of nitrogens with two attached hydrogens (primary N) is 2. The number of ether oxygens (including phenoxy) is 1. The molecule has 0 aromatic heterocycles. The second-order valence-corrected chi connectivity index (χ2v) is 4.21. The van der Waals surface area contributed by atoms with Gasteiger partial charge >= 0.3 is 0 Å². The van der Waals surface area contributed by atoms with Crippen molar-refractivity contribution in [1.29, 1.82) is 0 Å². The number of halogens is 3. The van der Waals surface area contributed by atoms with Crippen molar-refractivity contribution in [1.82, 2.24) is 0 Å². The van der Waals surface area contributed by atoms with Crippen LogP contribution in [0.4, 0.5) is 8.78 Å². The fraction of sp³-hybridized carbons (Fsp3) is 0.364. The highest BCUT2D eigenvalue weighted by molar-refractivity contribution is 8.93. The highest BCUT2D eigenvalue weighted by Gasteiger charge is 2.20. The summed E-state index contributed by atoms with van der Waals surface area (Å²) in [5.74, 6) is -1.36. The Labute approximate surface area is 115 Å². The van der Waals surface area contributed by atoms with Crippen molar-refractivity contribution in [2.24, 2.45) is 16.5 Å². The van der Waals surface area contributed by atoms with Gasteiger partial charge < -0.3 is 16.2 Å². The normalized spacial score (nSPS) is 10.4. The van der Waals surface area contributed by atoms with Gasteiger partial charge in [-0.25, -0.2) is 13.8 Å². The van der Waals surface area contributed by atoms with E-state index in [1.807, 2.05) is 0 Å². The first-order chi connectivity index (χ1) is 7.78. The van der Waals surface area contributed by atoms with Crippen molar-refractivity contribution in [2.75, 3.05) is 6.54 Å². The van der Waals surface area contributed by atoms with Crippen LogP contribution >= 0.6 is 17.0 Å². The molecule has 102 valence electrons. The predicted octanol–water partition coefficient (Wildman–Crippen LogP) is 1.97. The van der Waals surface area contributed by atoms with Crippen molar-refractivity contribution in [3.63, 3.8) is 0 Å². The lowest BCUT2D eigenvalue weighted by Crippen LogP contribution is -2.34. The second kappa shape index (κ2) is 6.53. The van der Waals surface area contributed by atoms with Crippen LogP contribution < -0.4 is 16.2 Å². The number of hydrogen-bond acceptors (Lipinski definition) is 2. The quantitative estimate of drug-likeness (QED) is 0.657. The Bertz CT molecular complexity index is 414. The lowest BCUT2D eigenvalue weighted by molar-refractivity contribution is 0.118. The summed E-state index contributed by atoms with van der Waals surface area (Å²) in [6.07, 6.45) is 0. The molecule has 0 unspecified atom stereocenters. The maximum absolute atomic E-state index is 12.9. The summed E-state index contributed by atoms with van der Waals surface area (Å²) in [5.41, 5.74) is 9.63. The molecule has 7 heteroatoms. The third-order valence-electron chi connectivity index (χ3n) is 1.87. The van der Waals surface area contributed by atoms with Crippen LogP contribution in [0.1, 0.15) is 13.8 Å². The Kier molecular flexibility index (Phi) is 6.04. The molecule has 0 bridgehead atoms. The van der Waals surface area contributed by atoms with Crippen molar-refractivity contribution in [2.45, 2.75) is 19.4 Å². The minimum atomic E-state index is -0.760. The molecular formula is C11H16BrF2N3O. The first kappa shape index (κ1) is 16.6. The van der Waals surface area contributed by atoms with E-state index in [9.17, 15) is 8.78 Å². The molecule has 18 heavy (non-hydrogen) atoms. The zero-order valence-corrected chi connectivity index (χ0v) is 11.8. The summed E-state index contributed by atoms with van der Waals surface area (Å²) in [4.78, 5) is 3.80. The molecule has 0 aliphatic carbocycles. The number of hydrogen-bond donors (Lipinski definition) is 2. The smallest absolute Gasteiger partial charge is 0.186 e. The second-order valence-electron chi connectivity index (χ2n) is 4.21. The van der Waals surface area contributed by atoms with Crippen molar-refractivity contribution in [3.8, 4) is 5.75 Å². The maximum Gasteiger partial charge on any atom is 0.186 e. The molecule has 4 N–H and O–H groups in total. The summed E-state index contributed by atoms with van der Waals surface area (Å²) in [6.45, 7) is 3.61. The Morgan fingerprint density at radius 2 is 1.72 bits per heavy atom. The first-order valence-electron chi connectivity index (χ1n) is 4.99. The van der Waals surface area contributed by atoms with Gasteiger partial charge in [0.05, 0.1) is 6.54 Å². The molecule has 1 aromatic carbocycles. The molecule has 0 heterocycles. The molecule has 0 radical (unpaired) electrons. The Morgan fingerprint density at radius 3 is 2.17 bits per heavy atom. The fourth-order valence-electron chi connectivity index (χ4n) is 1.22. The van der Waals surface area contributed by atoms with Crippen LogP contribution in [0.15, 0.2) is 23.2 Å². The molecule has 0 spiro atoms. The van der Waals surface area contributed by atoms with Crippen LogP contribution in [-0.2, 0) is 0 Å². The number of rotatable bonds is 4. The zero-order valence-electron chi connectivity index (χ0n) is 10.1. The lowest BCUT2D eigenvalue weighted by Gasteiger charge is -2.24. The van der Waals surface area contributed by atoms with Gasteiger partial charge in [0.25, 0.3) is 0 Å². The molecule has 0 aliphatic heterocycles. The van der Waals surface area contributed by atoms with Gasteiger partial charge in [-0.3, -0.25) is 0 Å². The van der Waals surface area contributed by atoms with Crippen LogP contribution in [0, 0.1) is 11.6 Å². The summed E-state index contributed by atoms with van der Waals surface area (Å²) in [6, 6.07) is 2.97. The van der Waals surface area contributed by atoms with E-state index < -0.39 is 17.2 Å². The van der Waals surface area contributed by atoms with Gasteiger partial charge in [-0.2, -0.15) is 0 Å². The van der Waals surface area contributed by atoms with E-state index in [1.165, 1.54) is 0 Å². The third-order valence-corrected chi connectivity index (χ3v) is 1.87. The van der Waals surface area contributed by atoms with E-state index in [-0.39, 0.29) is 35.2 Å². The summed E-state index contributed by atoms with van der Waals surface area (Å²) < 4.78 is 31.3. The fourth-order valence-corrected chi connectivity index (χ4v) is 1.22. The zero-order chi connectivity index (χ0) is 13.1. The maximum atomic E-state index is 12.9. The van der Waals surface area contributed by atoms with Gasteiger partial charge in [-0.1, -0.05) is 0 Å². The van der Waals surface area contributed by atoms with Crippen LogP contribution in [0.5, 0.6) is 5.75 Å². The molecule has 1 rings (SSSR count). The lowest BCUT2D eigenvalue weighted by atomic mass is 10.1. The molecule has 0 saturated carbocycles. The van der Waals surface area contributed by atoms with E-state index in [4.69, 9.17) is 16.2 Å². The number of aliphatic imine (C=N–C) groups is 1. The van der Waals surface area contributed by atoms with E-state index in [2.05, 4.69) is 4.99 Å². The van der Waals surface area contributed by atoms with E-state index in [0.717, 1.165) is 18.2 Å². The van der Waals surface area contributed by atoms with Gasteiger partial charge in [-0.05, 0) is 13.8 Å². The molecule has 0 aliphatic rings. The SMILES string of the molecule is Br.CC(C)(CN=C(N)N)Oc1cc(F)cc(F)c1. The molecule has 0 saturated heterocycles. The largest absolute Gasteiger partial charge is 0.486 e.